The first-order valence-electron chi connectivity index (χ1n) is 5.31. The quantitative estimate of drug-likeness (QED) is 0.652. The van der Waals surface area contributed by atoms with Gasteiger partial charge in [0.25, 0.3) is 0 Å². The summed E-state index contributed by atoms with van der Waals surface area (Å²) in [4.78, 5) is 0. The zero-order valence-corrected chi connectivity index (χ0v) is 9.14. The van der Waals surface area contributed by atoms with Gasteiger partial charge in [-0.05, 0) is 25.2 Å². The first-order chi connectivity index (χ1) is 5.56. The van der Waals surface area contributed by atoms with Crippen LogP contribution in [-0.4, -0.2) is 6.04 Å². The van der Waals surface area contributed by atoms with Crippen molar-refractivity contribution in [2.75, 3.05) is 0 Å². The lowest BCUT2D eigenvalue weighted by molar-refractivity contribution is 0.389. The normalized spacial score (nSPS) is 18.8. The van der Waals surface area contributed by atoms with Gasteiger partial charge in [-0.1, -0.05) is 40.0 Å². The van der Waals surface area contributed by atoms with Crippen LogP contribution in [0.15, 0.2) is 0 Å². The molecule has 0 saturated heterocycles. The van der Waals surface area contributed by atoms with E-state index in [0.717, 1.165) is 11.8 Å². The highest BCUT2D eigenvalue weighted by Crippen LogP contribution is 2.17. The number of hydrogen-bond donors (Lipinski definition) is 1. The van der Waals surface area contributed by atoms with Gasteiger partial charge in [-0.25, -0.2) is 0 Å². The van der Waals surface area contributed by atoms with Crippen LogP contribution in [0.4, 0.5) is 0 Å². The maximum atomic E-state index is 5.73. The van der Waals surface area contributed by atoms with Crippen molar-refractivity contribution < 1.29 is 0 Å². The third kappa shape index (κ3) is 6.66. The summed E-state index contributed by atoms with van der Waals surface area (Å²) in [5.74, 6) is 1.69. The first kappa shape index (κ1) is 12.0. The monoisotopic (exact) mass is 171 g/mol. The summed E-state index contributed by atoms with van der Waals surface area (Å²) in [5, 5.41) is 0. The van der Waals surface area contributed by atoms with Gasteiger partial charge in [-0.3, -0.25) is 0 Å². The van der Waals surface area contributed by atoms with Crippen molar-refractivity contribution in [3.63, 3.8) is 0 Å². The molecule has 0 aliphatic rings. The minimum Gasteiger partial charge on any atom is -0.328 e. The van der Waals surface area contributed by atoms with E-state index in [4.69, 9.17) is 5.73 Å². The summed E-state index contributed by atoms with van der Waals surface area (Å²) >= 11 is 0. The molecule has 0 amide bonds. The maximum absolute atomic E-state index is 5.73. The molecule has 1 nitrogen and oxygen atoms in total. The molecule has 0 spiro atoms. The molecule has 1 heteroatoms. The van der Waals surface area contributed by atoms with Crippen molar-refractivity contribution in [1.82, 2.24) is 0 Å². The van der Waals surface area contributed by atoms with Gasteiger partial charge in [0, 0.05) is 6.04 Å². The lowest BCUT2D eigenvalue weighted by Gasteiger charge is -2.15. The van der Waals surface area contributed by atoms with Crippen molar-refractivity contribution in [3.05, 3.63) is 0 Å². The molecule has 0 aliphatic carbocycles. The standard InChI is InChI=1S/C11H25N/c1-5-9(2)6-7-10(3)8-11(4)12/h9-11H,5-8,12H2,1-4H3/t9-,10?,11?/m0/s1. The lowest BCUT2D eigenvalue weighted by Crippen LogP contribution is -2.18. The van der Waals surface area contributed by atoms with Crippen LogP contribution in [0, 0.1) is 11.8 Å². The fourth-order valence-electron chi connectivity index (χ4n) is 1.53. The van der Waals surface area contributed by atoms with E-state index in [0.29, 0.717) is 6.04 Å². The summed E-state index contributed by atoms with van der Waals surface area (Å²) < 4.78 is 0. The van der Waals surface area contributed by atoms with Crippen molar-refractivity contribution in [2.45, 2.75) is 59.4 Å². The molecule has 2 N–H and O–H groups in total. The molecular formula is C11H25N. The van der Waals surface area contributed by atoms with E-state index >= 15 is 0 Å². The molecule has 2 unspecified atom stereocenters. The van der Waals surface area contributed by atoms with Crippen LogP contribution in [0.1, 0.15) is 53.4 Å². The largest absolute Gasteiger partial charge is 0.328 e. The minimum absolute atomic E-state index is 0.372. The van der Waals surface area contributed by atoms with E-state index in [1.165, 1.54) is 25.7 Å². The Morgan fingerprint density at radius 1 is 1.00 bits per heavy atom. The van der Waals surface area contributed by atoms with Crippen LogP contribution >= 0.6 is 0 Å². The summed E-state index contributed by atoms with van der Waals surface area (Å²) in [7, 11) is 0. The van der Waals surface area contributed by atoms with Gasteiger partial charge in [0.05, 0.1) is 0 Å². The maximum Gasteiger partial charge on any atom is 0.00130 e. The van der Waals surface area contributed by atoms with E-state index in [9.17, 15) is 0 Å². The van der Waals surface area contributed by atoms with Crippen LogP contribution in [0.2, 0.25) is 0 Å². The molecule has 0 bridgehead atoms. The SMILES string of the molecule is CC[C@H](C)CCC(C)CC(C)N. The first-order valence-corrected chi connectivity index (χ1v) is 5.31. The van der Waals surface area contributed by atoms with Crippen LogP contribution in [0.3, 0.4) is 0 Å². The average Bonchev–Trinajstić information content (AvgIpc) is 1.99. The smallest absolute Gasteiger partial charge is 0.00130 e. The summed E-state index contributed by atoms with van der Waals surface area (Å²) in [5.41, 5.74) is 5.73. The number of nitrogens with two attached hydrogens (primary N) is 1. The van der Waals surface area contributed by atoms with Gasteiger partial charge in [0.1, 0.15) is 0 Å². The van der Waals surface area contributed by atoms with Crippen LogP contribution in [0.25, 0.3) is 0 Å². The van der Waals surface area contributed by atoms with Gasteiger partial charge < -0.3 is 5.73 Å². The molecule has 0 heterocycles. The molecule has 0 fully saturated rings. The Morgan fingerprint density at radius 2 is 1.50 bits per heavy atom. The molecule has 0 aliphatic heterocycles. The molecule has 0 aromatic carbocycles. The van der Waals surface area contributed by atoms with Gasteiger partial charge in [0.2, 0.25) is 0 Å². The minimum atomic E-state index is 0.372. The Balaban J connectivity index is 3.36. The molecule has 12 heavy (non-hydrogen) atoms. The predicted molar refractivity (Wildman–Crippen MR) is 56.1 cm³/mol. The Labute approximate surface area is 77.7 Å². The second-order valence-corrected chi connectivity index (χ2v) is 4.41. The number of rotatable bonds is 6. The topological polar surface area (TPSA) is 26.0 Å². The van der Waals surface area contributed by atoms with E-state index in [1.807, 2.05) is 0 Å². The Hall–Kier alpha value is -0.0400. The highest BCUT2D eigenvalue weighted by atomic mass is 14.6. The Morgan fingerprint density at radius 3 is 1.92 bits per heavy atom. The molecule has 74 valence electrons. The van der Waals surface area contributed by atoms with E-state index in [-0.39, 0.29) is 0 Å². The Bertz CT molecular complexity index is 99.2. The lowest BCUT2D eigenvalue weighted by atomic mass is 9.93. The third-order valence-electron chi connectivity index (χ3n) is 2.62. The van der Waals surface area contributed by atoms with Crippen LogP contribution in [-0.2, 0) is 0 Å². The zero-order valence-electron chi connectivity index (χ0n) is 9.14. The van der Waals surface area contributed by atoms with Gasteiger partial charge in [-0.2, -0.15) is 0 Å². The van der Waals surface area contributed by atoms with Gasteiger partial charge in [0.15, 0.2) is 0 Å². The molecule has 0 aromatic rings. The molecule has 0 radical (unpaired) electrons. The molecular weight excluding hydrogens is 146 g/mol. The molecule has 0 saturated carbocycles. The summed E-state index contributed by atoms with van der Waals surface area (Å²) in [6.45, 7) is 9.00. The number of hydrogen-bond acceptors (Lipinski definition) is 1. The highest BCUT2D eigenvalue weighted by molar-refractivity contribution is 4.62. The third-order valence-corrected chi connectivity index (χ3v) is 2.62. The van der Waals surface area contributed by atoms with Gasteiger partial charge >= 0.3 is 0 Å². The summed E-state index contributed by atoms with van der Waals surface area (Å²) in [6.07, 6.45) is 5.20. The van der Waals surface area contributed by atoms with Gasteiger partial charge in [-0.15, -0.1) is 0 Å². The fourth-order valence-corrected chi connectivity index (χ4v) is 1.53. The summed E-state index contributed by atoms with van der Waals surface area (Å²) in [6, 6.07) is 0.372. The average molecular weight is 171 g/mol. The fraction of sp³-hybridized carbons (Fsp3) is 1.00. The molecule has 3 atom stereocenters. The second-order valence-electron chi connectivity index (χ2n) is 4.41. The highest BCUT2D eigenvalue weighted by Gasteiger charge is 2.06. The predicted octanol–water partition coefficient (Wildman–Crippen LogP) is 3.19. The van der Waals surface area contributed by atoms with Crippen molar-refractivity contribution in [3.8, 4) is 0 Å². The van der Waals surface area contributed by atoms with E-state index < -0.39 is 0 Å². The van der Waals surface area contributed by atoms with Crippen molar-refractivity contribution >= 4 is 0 Å². The van der Waals surface area contributed by atoms with E-state index in [2.05, 4.69) is 27.7 Å². The van der Waals surface area contributed by atoms with Crippen LogP contribution in [0.5, 0.6) is 0 Å². The van der Waals surface area contributed by atoms with Crippen molar-refractivity contribution in [1.29, 1.82) is 0 Å². The second kappa shape index (κ2) is 6.47. The molecule has 0 rings (SSSR count). The van der Waals surface area contributed by atoms with Crippen LogP contribution < -0.4 is 5.73 Å². The van der Waals surface area contributed by atoms with Crippen molar-refractivity contribution in [2.24, 2.45) is 17.6 Å². The zero-order chi connectivity index (χ0) is 9.56. The molecule has 0 aromatic heterocycles. The Kier molecular flexibility index (Phi) is 6.45. The van der Waals surface area contributed by atoms with E-state index in [1.54, 1.807) is 0 Å².